The van der Waals surface area contributed by atoms with Gasteiger partial charge in [-0.1, -0.05) is 30.3 Å². The van der Waals surface area contributed by atoms with Crippen molar-refractivity contribution >= 4 is 16.7 Å². The molecule has 4 nitrogen and oxygen atoms in total. The van der Waals surface area contributed by atoms with Crippen LogP contribution < -0.4 is 5.32 Å². The smallest absolute Gasteiger partial charge is 0.254 e. The molecule has 1 N–H and O–H groups in total. The zero-order chi connectivity index (χ0) is 15.2. The first-order valence-corrected chi connectivity index (χ1v) is 8.06. The zero-order valence-electron chi connectivity index (χ0n) is 11.5. The highest BCUT2D eigenvalue weighted by molar-refractivity contribution is 7.84. The number of benzene rings is 1. The second-order valence-electron chi connectivity index (χ2n) is 4.53. The van der Waals surface area contributed by atoms with E-state index in [-0.39, 0.29) is 11.3 Å². The molecule has 2 aromatic rings. The van der Waals surface area contributed by atoms with Gasteiger partial charge >= 0.3 is 0 Å². The lowest BCUT2D eigenvalue weighted by Crippen LogP contribution is -2.32. The average Bonchev–Trinajstić information content (AvgIpc) is 2.47. The Hall–Kier alpha value is -2.08. The van der Waals surface area contributed by atoms with Gasteiger partial charge in [0.25, 0.3) is 5.91 Å². The van der Waals surface area contributed by atoms with E-state index in [4.69, 9.17) is 0 Å². The van der Waals surface area contributed by atoms with Crippen molar-refractivity contribution in [2.45, 2.75) is 6.04 Å². The van der Waals surface area contributed by atoms with Crippen LogP contribution >= 0.6 is 0 Å². The number of aromatic nitrogens is 1. The Morgan fingerprint density at radius 3 is 2.67 bits per heavy atom. The van der Waals surface area contributed by atoms with Crippen molar-refractivity contribution < 1.29 is 13.4 Å². The van der Waals surface area contributed by atoms with Crippen LogP contribution in [-0.4, -0.2) is 27.1 Å². The van der Waals surface area contributed by atoms with Crippen LogP contribution in [0.5, 0.6) is 0 Å². The molecule has 0 saturated carbocycles. The summed E-state index contributed by atoms with van der Waals surface area (Å²) in [6.07, 6.45) is 3.91. The Kier molecular flexibility index (Phi) is 5.16. The Bertz CT molecular complexity index is 649. The SMILES string of the molecule is C[S@@](=O)C[C@@H](NC(=O)c1ccncc1F)c1ccccc1. The molecule has 0 aliphatic rings. The van der Waals surface area contributed by atoms with Crippen LogP contribution in [0.1, 0.15) is 22.0 Å². The highest BCUT2D eigenvalue weighted by Gasteiger charge is 2.19. The van der Waals surface area contributed by atoms with E-state index in [0.717, 1.165) is 11.8 Å². The van der Waals surface area contributed by atoms with Gasteiger partial charge in [-0.15, -0.1) is 0 Å². The van der Waals surface area contributed by atoms with Crippen molar-refractivity contribution in [1.82, 2.24) is 10.3 Å². The summed E-state index contributed by atoms with van der Waals surface area (Å²) in [7, 11) is -1.10. The van der Waals surface area contributed by atoms with Crippen LogP contribution in [0.4, 0.5) is 4.39 Å². The molecule has 0 aliphatic heterocycles. The van der Waals surface area contributed by atoms with Gasteiger partial charge in [-0.2, -0.15) is 0 Å². The lowest BCUT2D eigenvalue weighted by atomic mass is 10.1. The molecule has 21 heavy (non-hydrogen) atoms. The molecule has 0 spiro atoms. The molecule has 110 valence electrons. The number of rotatable bonds is 5. The second-order valence-corrected chi connectivity index (χ2v) is 6.01. The summed E-state index contributed by atoms with van der Waals surface area (Å²) < 4.78 is 25.1. The van der Waals surface area contributed by atoms with Gasteiger partial charge in [0.1, 0.15) is 0 Å². The molecule has 0 radical (unpaired) electrons. The van der Waals surface area contributed by atoms with Crippen LogP contribution in [0.2, 0.25) is 0 Å². The summed E-state index contributed by atoms with van der Waals surface area (Å²) in [6, 6.07) is 10.1. The number of amides is 1. The Morgan fingerprint density at radius 2 is 2.05 bits per heavy atom. The number of pyridine rings is 1. The monoisotopic (exact) mass is 306 g/mol. The Labute approximate surface area is 124 Å². The summed E-state index contributed by atoms with van der Waals surface area (Å²) in [5.74, 6) is -0.962. The topological polar surface area (TPSA) is 59.1 Å². The number of nitrogens with zero attached hydrogens (tertiary/aromatic N) is 1. The quantitative estimate of drug-likeness (QED) is 0.920. The maximum absolute atomic E-state index is 13.6. The molecule has 0 bridgehead atoms. The minimum Gasteiger partial charge on any atom is -0.344 e. The lowest BCUT2D eigenvalue weighted by molar-refractivity contribution is 0.0936. The van der Waals surface area contributed by atoms with Gasteiger partial charge in [-0.3, -0.25) is 14.0 Å². The largest absolute Gasteiger partial charge is 0.344 e. The minimum absolute atomic E-state index is 0.0761. The fraction of sp³-hybridized carbons (Fsp3) is 0.200. The normalized spacial score (nSPS) is 13.4. The van der Waals surface area contributed by atoms with Gasteiger partial charge in [-0.25, -0.2) is 4.39 Å². The summed E-state index contributed by atoms with van der Waals surface area (Å²) in [5, 5.41) is 2.72. The molecule has 1 heterocycles. The van der Waals surface area contributed by atoms with Crippen LogP contribution in [-0.2, 0) is 10.8 Å². The molecule has 0 fully saturated rings. The Morgan fingerprint density at radius 1 is 1.33 bits per heavy atom. The molecule has 2 rings (SSSR count). The van der Waals surface area contributed by atoms with Gasteiger partial charge in [0.2, 0.25) is 0 Å². The first kappa shape index (κ1) is 15.3. The fourth-order valence-electron chi connectivity index (χ4n) is 1.94. The van der Waals surface area contributed by atoms with E-state index in [1.54, 1.807) is 6.26 Å². The van der Waals surface area contributed by atoms with E-state index in [0.29, 0.717) is 0 Å². The van der Waals surface area contributed by atoms with E-state index in [1.807, 2.05) is 30.3 Å². The summed E-state index contributed by atoms with van der Waals surface area (Å²) in [4.78, 5) is 15.8. The molecule has 1 aromatic heterocycles. The van der Waals surface area contributed by atoms with Crippen LogP contribution in [0, 0.1) is 5.82 Å². The van der Waals surface area contributed by atoms with Crippen LogP contribution in [0.25, 0.3) is 0 Å². The fourth-order valence-corrected chi connectivity index (χ4v) is 2.68. The van der Waals surface area contributed by atoms with Crippen LogP contribution in [0.15, 0.2) is 48.8 Å². The van der Waals surface area contributed by atoms with Gasteiger partial charge in [-0.05, 0) is 11.6 Å². The second kappa shape index (κ2) is 7.08. The Balaban J connectivity index is 2.21. The van der Waals surface area contributed by atoms with Crippen molar-refractivity contribution in [2.75, 3.05) is 12.0 Å². The number of carbonyl (C=O) groups excluding carboxylic acids is 1. The zero-order valence-corrected chi connectivity index (χ0v) is 12.3. The maximum Gasteiger partial charge on any atom is 0.254 e. The molecular formula is C15H15FN2O2S. The van der Waals surface area contributed by atoms with Gasteiger partial charge in [0.05, 0.1) is 17.8 Å². The summed E-state index contributed by atoms with van der Waals surface area (Å²) >= 11 is 0. The van der Waals surface area contributed by atoms with E-state index in [2.05, 4.69) is 10.3 Å². The minimum atomic E-state index is -1.10. The molecule has 6 heteroatoms. The summed E-state index contributed by atoms with van der Waals surface area (Å²) in [5.41, 5.74) is 0.753. The first-order valence-electron chi connectivity index (χ1n) is 6.33. The summed E-state index contributed by atoms with van der Waals surface area (Å²) in [6.45, 7) is 0. The third-order valence-electron chi connectivity index (χ3n) is 2.93. The number of hydrogen-bond donors (Lipinski definition) is 1. The maximum atomic E-state index is 13.6. The van der Waals surface area contributed by atoms with Gasteiger partial charge in [0.15, 0.2) is 5.82 Å². The molecule has 0 saturated heterocycles. The standard InChI is InChI=1S/C15H15FN2O2S/c1-21(20)10-14(11-5-3-2-4-6-11)18-15(19)12-7-8-17-9-13(12)16/h2-9,14H,10H2,1H3,(H,18,19)/t14-,21-/m1/s1. The first-order chi connectivity index (χ1) is 10.1. The molecule has 0 unspecified atom stereocenters. The number of carbonyl (C=O) groups is 1. The molecule has 1 aromatic carbocycles. The van der Waals surface area contributed by atoms with Crippen molar-refractivity contribution in [2.24, 2.45) is 0 Å². The van der Waals surface area contributed by atoms with Gasteiger partial charge < -0.3 is 5.32 Å². The van der Waals surface area contributed by atoms with Gasteiger partial charge in [0, 0.05) is 29.0 Å². The average molecular weight is 306 g/mol. The number of nitrogens with one attached hydrogen (secondary N) is 1. The van der Waals surface area contributed by atoms with E-state index in [9.17, 15) is 13.4 Å². The third kappa shape index (κ3) is 4.19. The van der Waals surface area contributed by atoms with Crippen LogP contribution in [0.3, 0.4) is 0 Å². The highest BCUT2D eigenvalue weighted by atomic mass is 32.2. The lowest BCUT2D eigenvalue weighted by Gasteiger charge is -2.18. The third-order valence-corrected chi connectivity index (χ3v) is 3.73. The predicted octanol–water partition coefficient (Wildman–Crippen LogP) is 2.07. The predicted molar refractivity (Wildman–Crippen MR) is 79.8 cm³/mol. The molecule has 2 atom stereocenters. The van der Waals surface area contributed by atoms with Crippen molar-refractivity contribution in [3.05, 3.63) is 65.7 Å². The molecular weight excluding hydrogens is 291 g/mol. The highest BCUT2D eigenvalue weighted by Crippen LogP contribution is 2.15. The van der Waals surface area contributed by atoms with Crippen molar-refractivity contribution in [1.29, 1.82) is 0 Å². The molecule has 0 aliphatic carbocycles. The van der Waals surface area contributed by atoms with Crippen molar-refractivity contribution in [3.63, 3.8) is 0 Å². The number of halogens is 1. The van der Waals surface area contributed by atoms with Crippen molar-refractivity contribution in [3.8, 4) is 0 Å². The van der Waals surface area contributed by atoms with E-state index in [1.165, 1.54) is 12.3 Å². The molecule has 1 amide bonds. The van der Waals surface area contributed by atoms with E-state index < -0.39 is 28.6 Å². The van der Waals surface area contributed by atoms with E-state index >= 15 is 0 Å². The number of hydrogen-bond acceptors (Lipinski definition) is 3.